The lowest BCUT2D eigenvalue weighted by atomic mass is 9.30. The van der Waals surface area contributed by atoms with E-state index in [1.165, 1.54) is 49.7 Å². The molecule has 1 aliphatic heterocycles. The summed E-state index contributed by atoms with van der Waals surface area (Å²) >= 11 is 0. The minimum Gasteiger partial charge on any atom is -0.327 e. The van der Waals surface area contributed by atoms with Gasteiger partial charge in [0.2, 0.25) is 0 Å². The van der Waals surface area contributed by atoms with Gasteiger partial charge < -0.3 is 4.48 Å². The van der Waals surface area contributed by atoms with Crippen LogP contribution in [0.3, 0.4) is 0 Å². The first-order chi connectivity index (χ1) is 14.6. The maximum atomic E-state index is 2.69. The predicted molar refractivity (Wildman–Crippen MR) is 126 cm³/mol. The van der Waals surface area contributed by atoms with E-state index in [0.29, 0.717) is 10.8 Å². The number of likely N-dealkylation sites (tertiary alicyclic amines) is 1. The summed E-state index contributed by atoms with van der Waals surface area (Å²) in [4.78, 5) is 0. The van der Waals surface area contributed by atoms with Crippen LogP contribution in [0.25, 0.3) is 0 Å². The summed E-state index contributed by atoms with van der Waals surface area (Å²) in [7, 11) is 4.85. The Hall–Kier alpha value is -0.560. The molecule has 0 atom stereocenters. The summed E-state index contributed by atoms with van der Waals surface area (Å²) in [6.07, 6.45) is 33.6. The summed E-state index contributed by atoms with van der Waals surface area (Å²) in [6, 6.07) is 0. The van der Waals surface area contributed by atoms with Gasteiger partial charge in [0.1, 0.15) is 0 Å². The highest BCUT2D eigenvalue weighted by Crippen LogP contribution is 2.80. The van der Waals surface area contributed by atoms with Gasteiger partial charge >= 0.3 is 0 Å². The first-order valence-corrected chi connectivity index (χ1v) is 13.8. The van der Waals surface area contributed by atoms with Crippen molar-refractivity contribution in [1.82, 2.24) is 0 Å². The highest BCUT2D eigenvalue weighted by atomic mass is 15.4. The van der Waals surface area contributed by atoms with Crippen LogP contribution < -0.4 is 0 Å². The van der Waals surface area contributed by atoms with Gasteiger partial charge in [-0.15, -0.1) is 0 Å². The lowest BCUT2D eigenvalue weighted by molar-refractivity contribution is -0.955. The van der Waals surface area contributed by atoms with E-state index in [1.54, 1.807) is 64.2 Å². The third kappa shape index (κ3) is 2.43. The molecule has 0 aromatic rings. The number of nitrogens with zero attached hydrogens (tertiary/aromatic N) is 1. The average molecular weight is 419 g/mol. The monoisotopic (exact) mass is 418 g/mol. The second-order valence-corrected chi connectivity index (χ2v) is 16.3. The molecule has 0 unspecified atom stereocenters. The largest absolute Gasteiger partial charge is 0.327 e. The van der Waals surface area contributed by atoms with E-state index in [2.05, 4.69) is 38.4 Å². The summed E-state index contributed by atoms with van der Waals surface area (Å²) in [6.45, 7) is 2.92. The van der Waals surface area contributed by atoms with Gasteiger partial charge in [-0.05, 0) is 117 Å². The fourth-order valence-corrected chi connectivity index (χ4v) is 13.0. The fraction of sp³-hybridized carbons (Fsp3) is 0.867. The van der Waals surface area contributed by atoms with Crippen molar-refractivity contribution in [1.29, 1.82) is 0 Å². The Balaban J connectivity index is 0.864. The van der Waals surface area contributed by atoms with Gasteiger partial charge in [-0.1, -0.05) is 30.7 Å². The molecular weight excluding hydrogens is 374 g/mol. The Morgan fingerprint density at radius 2 is 0.968 bits per heavy atom. The molecule has 7 spiro atoms. The molecule has 7 aliphatic carbocycles. The first kappa shape index (κ1) is 18.8. The molecule has 6 saturated carbocycles. The molecule has 1 saturated heterocycles. The smallest absolute Gasteiger partial charge is 0.0894 e. The van der Waals surface area contributed by atoms with Crippen molar-refractivity contribution in [2.45, 2.75) is 96.3 Å². The SMILES string of the molecule is C[N+]1(C)CC2(CC3(CC4(CC5(/C=C/CC6(C/C=C/5)CC5(C6)CC6(CCC6)C5)C4)C3)C2)C1. The lowest BCUT2D eigenvalue weighted by Crippen LogP contribution is -2.75. The van der Waals surface area contributed by atoms with Crippen molar-refractivity contribution < 1.29 is 4.48 Å². The van der Waals surface area contributed by atoms with Crippen LogP contribution in [-0.4, -0.2) is 31.7 Å². The molecule has 8 rings (SSSR count). The van der Waals surface area contributed by atoms with Gasteiger partial charge in [0.25, 0.3) is 0 Å². The van der Waals surface area contributed by atoms with Gasteiger partial charge in [0.05, 0.1) is 32.6 Å². The first-order valence-electron chi connectivity index (χ1n) is 13.8. The van der Waals surface area contributed by atoms with Gasteiger partial charge in [-0.2, -0.15) is 0 Å². The molecule has 7 fully saturated rings. The Kier molecular flexibility index (Phi) is 3.09. The van der Waals surface area contributed by atoms with E-state index < -0.39 is 0 Å². The van der Waals surface area contributed by atoms with Crippen molar-refractivity contribution in [3.8, 4) is 0 Å². The number of hydrogen-bond acceptors (Lipinski definition) is 0. The van der Waals surface area contributed by atoms with E-state index in [1.807, 2.05) is 0 Å². The highest BCUT2D eigenvalue weighted by Gasteiger charge is 2.73. The minimum absolute atomic E-state index is 0.452. The van der Waals surface area contributed by atoms with Crippen LogP contribution in [-0.2, 0) is 0 Å². The Morgan fingerprint density at radius 3 is 1.45 bits per heavy atom. The van der Waals surface area contributed by atoms with Crippen LogP contribution in [0.4, 0.5) is 0 Å². The zero-order valence-electron chi connectivity index (χ0n) is 20.3. The van der Waals surface area contributed by atoms with Gasteiger partial charge in [-0.25, -0.2) is 0 Å². The standard InChI is InChI=1S/C30H44N/c1-31(2)22-30(23-31)20-29(21-30)18-28(19-29)16-26(17-28)10-4-8-25(9-5-11-26)14-27(15-25)12-24(13-27)6-3-7-24/h4-5,10-11H,3,6-9,12-23H2,1-2H3/q+1/b10-4+,11-5+. The Bertz CT molecular complexity index is 843. The molecule has 0 bridgehead atoms. The highest BCUT2D eigenvalue weighted by molar-refractivity contribution is 5.30. The van der Waals surface area contributed by atoms with E-state index in [0.717, 1.165) is 27.1 Å². The fourth-order valence-electron chi connectivity index (χ4n) is 13.0. The number of quaternary nitrogens is 1. The molecule has 31 heavy (non-hydrogen) atoms. The second-order valence-electron chi connectivity index (χ2n) is 16.3. The summed E-state index contributed by atoms with van der Waals surface area (Å²) in [5.74, 6) is 0. The summed E-state index contributed by atoms with van der Waals surface area (Å²) in [5.41, 5.74) is 5.07. The zero-order valence-corrected chi connectivity index (χ0v) is 20.3. The van der Waals surface area contributed by atoms with Crippen LogP contribution in [0.5, 0.6) is 0 Å². The van der Waals surface area contributed by atoms with Gasteiger partial charge in [0, 0.05) is 5.41 Å². The van der Waals surface area contributed by atoms with Crippen LogP contribution in [0, 0.1) is 37.9 Å². The van der Waals surface area contributed by atoms with Crippen LogP contribution in [0.1, 0.15) is 96.3 Å². The van der Waals surface area contributed by atoms with Gasteiger partial charge in [-0.3, -0.25) is 0 Å². The number of allylic oxidation sites excluding steroid dienone is 4. The Morgan fingerprint density at radius 1 is 0.516 bits per heavy atom. The molecule has 8 aliphatic rings. The van der Waals surface area contributed by atoms with Crippen molar-refractivity contribution in [3.05, 3.63) is 24.3 Å². The topological polar surface area (TPSA) is 0 Å². The molecule has 1 heterocycles. The molecule has 0 N–H and O–H groups in total. The molecule has 0 aromatic heterocycles. The van der Waals surface area contributed by atoms with Crippen LogP contribution >= 0.6 is 0 Å². The second kappa shape index (κ2) is 5.08. The van der Waals surface area contributed by atoms with E-state index >= 15 is 0 Å². The van der Waals surface area contributed by atoms with E-state index in [-0.39, 0.29) is 0 Å². The molecule has 0 aromatic carbocycles. The Labute approximate surface area is 190 Å². The summed E-state index contributed by atoms with van der Waals surface area (Å²) < 4.78 is 1.28. The maximum Gasteiger partial charge on any atom is 0.0894 e. The van der Waals surface area contributed by atoms with Crippen molar-refractivity contribution in [2.75, 3.05) is 27.2 Å². The van der Waals surface area contributed by atoms with Crippen molar-refractivity contribution in [3.63, 3.8) is 0 Å². The summed E-state index contributed by atoms with van der Waals surface area (Å²) in [5, 5.41) is 0. The molecular formula is C30H44N+. The molecule has 1 nitrogen and oxygen atoms in total. The maximum absolute atomic E-state index is 2.69. The third-order valence-electron chi connectivity index (χ3n) is 12.4. The molecule has 0 radical (unpaired) electrons. The number of rotatable bonds is 0. The zero-order chi connectivity index (χ0) is 20.8. The van der Waals surface area contributed by atoms with E-state index in [9.17, 15) is 0 Å². The average Bonchev–Trinajstić information content (AvgIpc) is 2.44. The molecule has 0 amide bonds. The molecule has 1 heteroatoms. The van der Waals surface area contributed by atoms with E-state index in [4.69, 9.17) is 0 Å². The van der Waals surface area contributed by atoms with Crippen molar-refractivity contribution >= 4 is 0 Å². The van der Waals surface area contributed by atoms with Crippen LogP contribution in [0.2, 0.25) is 0 Å². The number of hydrogen-bond donors (Lipinski definition) is 0. The molecule has 168 valence electrons. The van der Waals surface area contributed by atoms with Crippen LogP contribution in [0.15, 0.2) is 24.3 Å². The quantitative estimate of drug-likeness (QED) is 0.292. The lowest BCUT2D eigenvalue weighted by Gasteiger charge is -2.76. The van der Waals surface area contributed by atoms with Gasteiger partial charge in [0.15, 0.2) is 0 Å². The third-order valence-corrected chi connectivity index (χ3v) is 12.4. The van der Waals surface area contributed by atoms with Crippen molar-refractivity contribution in [2.24, 2.45) is 37.9 Å². The minimum atomic E-state index is 0.452. The normalized spacial score (nSPS) is 42.3. The predicted octanol–water partition coefficient (Wildman–Crippen LogP) is 7.04.